The number of aromatic nitrogens is 6. The van der Waals surface area contributed by atoms with Gasteiger partial charge in [-0.15, -0.1) is 0 Å². The van der Waals surface area contributed by atoms with Gasteiger partial charge in [-0.1, -0.05) is 6.92 Å². The molecule has 2 unspecified atom stereocenters. The molecular formula is C13H20N8. The van der Waals surface area contributed by atoms with E-state index in [1.165, 1.54) is 6.33 Å². The van der Waals surface area contributed by atoms with E-state index in [1.54, 1.807) is 18.1 Å². The van der Waals surface area contributed by atoms with Crippen LogP contribution in [0.3, 0.4) is 0 Å². The topological polar surface area (TPSA) is 84.7 Å². The van der Waals surface area contributed by atoms with E-state index < -0.39 is 0 Å². The number of hydrogen-bond acceptors (Lipinski definition) is 7. The molecule has 0 spiro atoms. The summed E-state index contributed by atoms with van der Waals surface area (Å²) in [6, 6.07) is 0.421. The van der Waals surface area contributed by atoms with E-state index in [4.69, 9.17) is 0 Å². The number of rotatable bonds is 3. The molecule has 3 rings (SSSR count). The van der Waals surface area contributed by atoms with Crippen LogP contribution in [-0.4, -0.2) is 49.4 Å². The monoisotopic (exact) mass is 288 g/mol. The molecule has 112 valence electrons. The van der Waals surface area contributed by atoms with Crippen LogP contribution in [0, 0.1) is 5.92 Å². The quantitative estimate of drug-likeness (QED) is 0.905. The predicted molar refractivity (Wildman–Crippen MR) is 79.5 cm³/mol. The van der Waals surface area contributed by atoms with Crippen LogP contribution >= 0.6 is 0 Å². The van der Waals surface area contributed by atoms with Gasteiger partial charge in [0.1, 0.15) is 12.7 Å². The molecule has 3 heterocycles. The Labute approximate surface area is 123 Å². The van der Waals surface area contributed by atoms with Crippen molar-refractivity contribution in [3.63, 3.8) is 0 Å². The third-order valence-electron chi connectivity index (χ3n) is 3.85. The smallest absolute Gasteiger partial charge is 0.258 e. The fraction of sp³-hybridized carbons (Fsp3) is 0.615. The van der Waals surface area contributed by atoms with Crippen molar-refractivity contribution in [1.29, 1.82) is 0 Å². The average Bonchev–Trinajstić information content (AvgIpc) is 3.01. The van der Waals surface area contributed by atoms with Crippen molar-refractivity contribution in [2.45, 2.75) is 32.7 Å². The number of nitrogens with one attached hydrogen (secondary N) is 1. The lowest BCUT2D eigenvalue weighted by molar-refractivity contribution is 0.373. The summed E-state index contributed by atoms with van der Waals surface area (Å²) in [7, 11) is 1.80. The van der Waals surface area contributed by atoms with Gasteiger partial charge in [-0.05, 0) is 25.7 Å². The summed E-state index contributed by atoms with van der Waals surface area (Å²) in [6.45, 7) is 5.47. The molecule has 2 aromatic rings. The van der Waals surface area contributed by atoms with Crippen LogP contribution in [0.4, 0.5) is 11.9 Å². The molecule has 0 saturated carbocycles. The molecule has 1 N–H and O–H groups in total. The molecule has 21 heavy (non-hydrogen) atoms. The number of hydrogen-bond donors (Lipinski definition) is 1. The third kappa shape index (κ3) is 2.79. The normalized spacial score (nSPS) is 22.3. The minimum absolute atomic E-state index is 0.421. The van der Waals surface area contributed by atoms with Crippen LogP contribution in [0.5, 0.6) is 0 Å². The van der Waals surface area contributed by atoms with Crippen LogP contribution in [-0.2, 0) is 0 Å². The zero-order valence-electron chi connectivity index (χ0n) is 12.6. The highest BCUT2D eigenvalue weighted by Crippen LogP contribution is 2.26. The molecule has 1 aliphatic heterocycles. The van der Waals surface area contributed by atoms with Gasteiger partial charge in [0.25, 0.3) is 5.95 Å². The first-order valence-electron chi connectivity index (χ1n) is 7.23. The van der Waals surface area contributed by atoms with Crippen LogP contribution in [0.25, 0.3) is 5.95 Å². The summed E-state index contributed by atoms with van der Waals surface area (Å²) in [5.41, 5.74) is 0. The molecule has 1 saturated heterocycles. The molecule has 0 radical (unpaired) electrons. The minimum Gasteiger partial charge on any atom is -0.357 e. The lowest BCUT2D eigenvalue weighted by Gasteiger charge is -2.36. The molecule has 0 amide bonds. The molecule has 0 aliphatic carbocycles. The Hall–Kier alpha value is -2.25. The van der Waals surface area contributed by atoms with Gasteiger partial charge >= 0.3 is 0 Å². The maximum Gasteiger partial charge on any atom is 0.258 e. The number of nitrogens with zero attached hydrogens (tertiary/aromatic N) is 7. The Kier molecular flexibility index (Phi) is 3.68. The summed E-state index contributed by atoms with van der Waals surface area (Å²) in [6.07, 6.45) is 5.36. The highest BCUT2D eigenvalue weighted by atomic mass is 15.4. The van der Waals surface area contributed by atoms with E-state index in [-0.39, 0.29) is 0 Å². The fourth-order valence-corrected chi connectivity index (χ4v) is 2.71. The summed E-state index contributed by atoms with van der Waals surface area (Å²) in [5, 5.41) is 7.07. The number of anilines is 2. The van der Waals surface area contributed by atoms with Gasteiger partial charge in [-0.25, -0.2) is 4.98 Å². The fourth-order valence-electron chi connectivity index (χ4n) is 2.71. The van der Waals surface area contributed by atoms with Crippen molar-refractivity contribution < 1.29 is 0 Å². The highest BCUT2D eigenvalue weighted by molar-refractivity contribution is 5.40. The second-order valence-corrected chi connectivity index (χ2v) is 5.52. The first kappa shape index (κ1) is 13.7. The first-order valence-corrected chi connectivity index (χ1v) is 7.23. The molecule has 1 aliphatic rings. The largest absolute Gasteiger partial charge is 0.357 e. The zero-order valence-corrected chi connectivity index (χ0v) is 12.6. The summed E-state index contributed by atoms with van der Waals surface area (Å²) in [4.78, 5) is 19.5. The Morgan fingerprint density at radius 3 is 2.67 bits per heavy atom. The molecule has 8 nitrogen and oxygen atoms in total. The van der Waals surface area contributed by atoms with Gasteiger partial charge in [0.2, 0.25) is 11.9 Å². The standard InChI is InChI=1S/C13H20N8/c1-9-4-5-20(10(2)6-9)12-17-11(14-3)18-13(19-12)21-8-15-7-16-21/h7-10H,4-6H2,1-3H3,(H,14,17,18,19). The van der Waals surface area contributed by atoms with Gasteiger partial charge in [-0.3, -0.25) is 0 Å². The molecule has 0 aromatic carbocycles. The molecule has 1 fully saturated rings. The van der Waals surface area contributed by atoms with E-state index in [2.05, 4.69) is 49.1 Å². The lowest BCUT2D eigenvalue weighted by Crippen LogP contribution is -2.41. The van der Waals surface area contributed by atoms with Crippen molar-refractivity contribution in [2.24, 2.45) is 5.92 Å². The first-order chi connectivity index (χ1) is 10.2. The molecule has 2 aromatic heterocycles. The maximum atomic E-state index is 4.55. The molecular weight excluding hydrogens is 268 g/mol. The van der Waals surface area contributed by atoms with Gasteiger partial charge in [-0.2, -0.15) is 24.7 Å². The van der Waals surface area contributed by atoms with E-state index in [9.17, 15) is 0 Å². The molecule has 0 bridgehead atoms. The van der Waals surface area contributed by atoms with E-state index in [1.807, 2.05) is 0 Å². The van der Waals surface area contributed by atoms with Crippen molar-refractivity contribution >= 4 is 11.9 Å². The summed E-state index contributed by atoms with van der Waals surface area (Å²) >= 11 is 0. The van der Waals surface area contributed by atoms with Crippen LogP contribution in [0.1, 0.15) is 26.7 Å². The summed E-state index contributed by atoms with van der Waals surface area (Å²) in [5.74, 6) is 2.46. The Balaban J connectivity index is 1.96. The minimum atomic E-state index is 0.421. The van der Waals surface area contributed by atoms with Crippen molar-refractivity contribution in [3.8, 4) is 5.95 Å². The molecule has 8 heteroatoms. The number of piperidine rings is 1. The Bertz CT molecular complexity index is 596. The van der Waals surface area contributed by atoms with E-state index >= 15 is 0 Å². The van der Waals surface area contributed by atoms with Crippen molar-refractivity contribution in [1.82, 2.24) is 29.7 Å². The van der Waals surface area contributed by atoms with Crippen molar-refractivity contribution in [2.75, 3.05) is 23.8 Å². The summed E-state index contributed by atoms with van der Waals surface area (Å²) < 4.78 is 1.54. The Morgan fingerprint density at radius 2 is 2.00 bits per heavy atom. The predicted octanol–water partition coefficient (Wildman–Crippen LogP) is 1.12. The van der Waals surface area contributed by atoms with Crippen LogP contribution in [0.15, 0.2) is 12.7 Å². The van der Waals surface area contributed by atoms with Crippen molar-refractivity contribution in [3.05, 3.63) is 12.7 Å². The van der Waals surface area contributed by atoms with E-state index in [0.29, 0.717) is 23.9 Å². The van der Waals surface area contributed by atoms with Crippen LogP contribution in [0.2, 0.25) is 0 Å². The second kappa shape index (κ2) is 5.63. The van der Waals surface area contributed by atoms with Gasteiger partial charge < -0.3 is 10.2 Å². The zero-order chi connectivity index (χ0) is 14.8. The Morgan fingerprint density at radius 1 is 1.19 bits per heavy atom. The van der Waals surface area contributed by atoms with Crippen LogP contribution < -0.4 is 10.2 Å². The average molecular weight is 288 g/mol. The second-order valence-electron chi connectivity index (χ2n) is 5.52. The maximum absolute atomic E-state index is 4.55. The van der Waals surface area contributed by atoms with Gasteiger partial charge in [0.15, 0.2) is 0 Å². The highest BCUT2D eigenvalue weighted by Gasteiger charge is 2.26. The third-order valence-corrected chi connectivity index (χ3v) is 3.85. The lowest BCUT2D eigenvalue weighted by atomic mass is 9.94. The van der Waals surface area contributed by atoms with Gasteiger partial charge in [0, 0.05) is 19.6 Å². The molecule has 2 atom stereocenters. The van der Waals surface area contributed by atoms with E-state index in [0.717, 1.165) is 25.3 Å². The van der Waals surface area contributed by atoms with Gasteiger partial charge in [0.05, 0.1) is 0 Å². The SMILES string of the molecule is CNc1nc(N2CCC(C)CC2C)nc(-n2cncn2)n1.